The Morgan fingerprint density at radius 1 is 0.891 bits per heavy atom. The van der Waals surface area contributed by atoms with Crippen LogP contribution in [0.5, 0.6) is 23.0 Å². The van der Waals surface area contributed by atoms with Crippen LogP contribution in [0.2, 0.25) is 0 Å². The highest BCUT2D eigenvalue weighted by atomic mass is 16.6. The van der Waals surface area contributed by atoms with Crippen LogP contribution >= 0.6 is 0 Å². The van der Waals surface area contributed by atoms with Crippen LogP contribution in [0.3, 0.4) is 0 Å². The Labute approximate surface area is 316 Å². The Kier molecular flexibility index (Phi) is 13.9. The summed E-state index contributed by atoms with van der Waals surface area (Å²) in [6.07, 6.45) is 2.71. The van der Waals surface area contributed by atoms with Gasteiger partial charge in [-0.1, -0.05) is 30.8 Å². The predicted molar refractivity (Wildman–Crippen MR) is 199 cm³/mol. The molecule has 0 saturated carbocycles. The smallest absolute Gasteiger partial charge is 0.415 e. The second-order valence-electron chi connectivity index (χ2n) is 12.3. The molecule has 1 aromatic heterocycles. The second-order valence-corrected chi connectivity index (χ2v) is 12.3. The largest absolute Gasteiger partial charge is 0.508 e. The van der Waals surface area contributed by atoms with E-state index in [1.807, 2.05) is 11.8 Å². The molecule has 17 heteroatoms. The Balaban J connectivity index is 0.000000248. The third kappa shape index (κ3) is 11.1. The maximum Gasteiger partial charge on any atom is 0.415 e. The van der Waals surface area contributed by atoms with E-state index >= 15 is 0 Å². The van der Waals surface area contributed by atoms with Crippen LogP contribution in [0.15, 0.2) is 79.5 Å². The number of ether oxygens (including phenoxy) is 1. The minimum absolute atomic E-state index is 0.00354. The number of hydrogen-bond donors (Lipinski definition) is 7. The lowest BCUT2D eigenvalue weighted by molar-refractivity contribution is -0.127. The number of carbonyl (C=O) groups excluding carboxylic acids is 2. The maximum absolute atomic E-state index is 12.0. The fourth-order valence-electron chi connectivity index (χ4n) is 5.48. The molecule has 1 atom stereocenters. The summed E-state index contributed by atoms with van der Waals surface area (Å²) in [5, 5.41) is 55.6. The van der Waals surface area contributed by atoms with Gasteiger partial charge in [0, 0.05) is 45.5 Å². The summed E-state index contributed by atoms with van der Waals surface area (Å²) in [7, 11) is 0. The molecule has 0 bridgehead atoms. The number of carboxylic acid groups (broad SMARTS) is 2. The van der Waals surface area contributed by atoms with E-state index < -0.39 is 11.9 Å². The minimum atomic E-state index is -1.27. The molecule has 290 valence electrons. The summed E-state index contributed by atoms with van der Waals surface area (Å²) in [5.74, 6) is -2.51. The first-order valence-corrected chi connectivity index (χ1v) is 17.0. The number of aromatic hydroxyl groups is 4. The van der Waals surface area contributed by atoms with Crippen molar-refractivity contribution in [3.63, 3.8) is 0 Å². The number of rotatable bonds is 9. The van der Waals surface area contributed by atoms with E-state index in [-0.39, 0.29) is 58.8 Å². The molecule has 0 unspecified atom stereocenters. The van der Waals surface area contributed by atoms with Gasteiger partial charge in [-0.15, -0.1) is 0 Å². The first kappa shape index (κ1) is 40.9. The molecule has 0 radical (unpaired) electrons. The van der Waals surface area contributed by atoms with Gasteiger partial charge < -0.3 is 45.6 Å². The van der Waals surface area contributed by atoms with Crippen LogP contribution in [-0.4, -0.2) is 107 Å². The van der Waals surface area contributed by atoms with Gasteiger partial charge in [0.1, 0.15) is 46.5 Å². The van der Waals surface area contributed by atoms with E-state index in [1.54, 1.807) is 6.20 Å². The molecule has 3 aromatic carbocycles. The number of aromatic carboxylic acids is 2. The van der Waals surface area contributed by atoms with Crippen molar-refractivity contribution in [3.8, 4) is 23.0 Å². The molecule has 0 aliphatic carbocycles. The summed E-state index contributed by atoms with van der Waals surface area (Å²) in [5.41, 5.74) is 2.55. The highest BCUT2D eigenvalue weighted by Gasteiger charge is 2.27. The zero-order valence-corrected chi connectivity index (χ0v) is 30.1. The average molecular weight is 759 g/mol. The van der Waals surface area contributed by atoms with E-state index in [9.17, 15) is 19.2 Å². The number of benzene rings is 3. The first-order chi connectivity index (χ1) is 26.2. The van der Waals surface area contributed by atoms with Crippen LogP contribution in [0.1, 0.15) is 57.3 Å². The van der Waals surface area contributed by atoms with Gasteiger partial charge in [0.05, 0.1) is 11.6 Å². The molecule has 2 aliphatic rings. The summed E-state index contributed by atoms with van der Waals surface area (Å²) in [6.45, 7) is 12.2. The van der Waals surface area contributed by atoms with Crippen molar-refractivity contribution in [2.45, 2.75) is 33.0 Å². The van der Waals surface area contributed by atoms with Gasteiger partial charge in [0.25, 0.3) is 0 Å². The number of hydrogen-bond acceptors (Lipinski definition) is 13. The van der Waals surface area contributed by atoms with Crippen LogP contribution in [0.4, 0.5) is 16.6 Å². The predicted octanol–water partition coefficient (Wildman–Crippen LogP) is 4.55. The molecule has 3 heterocycles. The number of anilines is 2. The summed E-state index contributed by atoms with van der Waals surface area (Å²) >= 11 is 0. The molecule has 6 rings (SSSR count). The number of amides is 2. The summed E-state index contributed by atoms with van der Waals surface area (Å²) in [6, 6.07) is 15.1. The van der Waals surface area contributed by atoms with Crippen LogP contribution in [-0.2, 0) is 22.7 Å². The van der Waals surface area contributed by atoms with Crippen molar-refractivity contribution in [1.82, 2.24) is 19.8 Å². The fraction of sp³-hybridized carbons (Fsp3) is 0.263. The molecule has 4 aromatic rings. The van der Waals surface area contributed by atoms with E-state index in [0.29, 0.717) is 18.3 Å². The Hall–Kier alpha value is -6.88. The van der Waals surface area contributed by atoms with Gasteiger partial charge in [0.2, 0.25) is 11.9 Å². The molecule has 1 fully saturated rings. The second kappa shape index (κ2) is 18.7. The number of phenols is 4. The number of fused-ring (bicyclic) bond motifs is 1. The van der Waals surface area contributed by atoms with Gasteiger partial charge in [-0.2, -0.15) is 4.98 Å². The molecule has 55 heavy (non-hydrogen) atoms. The van der Waals surface area contributed by atoms with Gasteiger partial charge in [0.15, 0.2) is 0 Å². The average Bonchev–Trinajstić information content (AvgIpc) is 3.17. The number of carbonyl (C=O) groups is 4. The van der Waals surface area contributed by atoms with E-state index in [4.69, 9.17) is 35.4 Å². The molecule has 0 spiro atoms. The zero-order valence-electron chi connectivity index (χ0n) is 30.1. The monoisotopic (exact) mass is 758 g/mol. The summed E-state index contributed by atoms with van der Waals surface area (Å²) < 4.78 is 5.15. The fourth-order valence-corrected chi connectivity index (χ4v) is 5.48. The first-order valence-electron chi connectivity index (χ1n) is 17.0. The van der Waals surface area contributed by atoms with Crippen molar-refractivity contribution in [2.24, 2.45) is 0 Å². The highest BCUT2D eigenvalue weighted by Crippen LogP contribution is 2.27. The van der Waals surface area contributed by atoms with Gasteiger partial charge in [-0.3, -0.25) is 14.6 Å². The Bertz CT molecular complexity index is 1960. The third-order valence-corrected chi connectivity index (χ3v) is 8.50. The Morgan fingerprint density at radius 2 is 1.45 bits per heavy atom. The number of carboxylic acids is 2. The van der Waals surface area contributed by atoms with Gasteiger partial charge >= 0.3 is 18.0 Å². The van der Waals surface area contributed by atoms with Crippen molar-refractivity contribution >= 4 is 35.7 Å². The number of nitrogens with zero attached hydrogens (tertiary/aromatic N) is 5. The highest BCUT2D eigenvalue weighted by molar-refractivity contribution is 5.92. The van der Waals surface area contributed by atoms with E-state index in [1.165, 1.54) is 28.7 Å². The number of phenolic OH excluding ortho intramolecular Hbond substituents is 2. The van der Waals surface area contributed by atoms with Crippen LogP contribution in [0, 0.1) is 0 Å². The quantitative estimate of drug-likeness (QED) is 0.0914. The normalized spacial score (nSPS) is 14.1. The topological polar surface area (TPSA) is 246 Å². The van der Waals surface area contributed by atoms with E-state index in [0.717, 1.165) is 68.1 Å². The molecule has 1 saturated heterocycles. The molecular formula is C38H42N6O11. The van der Waals surface area contributed by atoms with Crippen molar-refractivity contribution in [1.29, 1.82) is 0 Å². The van der Waals surface area contributed by atoms with Gasteiger partial charge in [-0.05, 0) is 67.4 Å². The van der Waals surface area contributed by atoms with Crippen molar-refractivity contribution < 1.29 is 54.6 Å². The molecule has 2 aliphatic heterocycles. The lowest BCUT2D eigenvalue weighted by Gasteiger charge is -2.34. The third-order valence-electron chi connectivity index (χ3n) is 8.50. The maximum atomic E-state index is 12.0. The number of cyclic esters (lactones) is 1. The number of nitrogens with one attached hydrogen (secondary N) is 1. The number of aromatic nitrogens is 2. The number of piperazine rings is 1. The van der Waals surface area contributed by atoms with Crippen LogP contribution in [0.25, 0.3) is 0 Å². The van der Waals surface area contributed by atoms with Crippen molar-refractivity contribution in [2.75, 3.05) is 42.9 Å². The lowest BCUT2D eigenvalue weighted by atomic mass is 10.1. The standard InChI is InChI=1S/C24H30N6O3.2C7H6O4/c1-4-21(31)29-12-10-28(11-13-29)15-18-6-8-19(9-7-18)17(3)26-23-25-14-20-16-33-24(32)30(5-2)22(20)27-23;2*8-4-1-2-6(9)5(3-4)7(10)11/h4,6-9,14,17H,1,5,10-13,15-16H2,2-3H3,(H,25,26,27);2*1-3,8-9H,(H,10,11)/t17-;;/m0../s1. The molecule has 2 amide bonds. The SMILES string of the molecule is C=CC(=O)N1CCN(Cc2ccc([C@H](C)Nc3ncc4c(n3)N(CC)C(=O)OC4)cc2)CC1.O=C(O)c1cc(O)ccc1O.O=C(O)c1cc(O)ccc1O. The summed E-state index contributed by atoms with van der Waals surface area (Å²) in [4.78, 5) is 59.0. The molecule has 17 nitrogen and oxygen atoms in total. The van der Waals surface area contributed by atoms with Crippen molar-refractivity contribution in [3.05, 3.63) is 107 Å². The van der Waals surface area contributed by atoms with Gasteiger partial charge in [-0.25, -0.2) is 19.4 Å². The molecule has 7 N–H and O–H groups in total. The molecular weight excluding hydrogens is 716 g/mol. The van der Waals surface area contributed by atoms with Crippen LogP contribution < -0.4 is 10.2 Å². The minimum Gasteiger partial charge on any atom is -0.508 e. The van der Waals surface area contributed by atoms with E-state index in [2.05, 4.69) is 58.0 Å². The zero-order chi connectivity index (χ0) is 40.2. The Morgan fingerprint density at radius 3 is 1.95 bits per heavy atom. The lowest BCUT2D eigenvalue weighted by Crippen LogP contribution is -2.47.